The van der Waals surface area contributed by atoms with Crippen molar-refractivity contribution in [2.45, 2.75) is 6.42 Å². The van der Waals surface area contributed by atoms with Crippen LogP contribution >= 0.6 is 22.9 Å². The van der Waals surface area contributed by atoms with Gasteiger partial charge >= 0.3 is 5.97 Å². The zero-order valence-electron chi connectivity index (χ0n) is 8.08. The summed E-state index contributed by atoms with van der Waals surface area (Å²) in [4.78, 5) is 22.9. The number of amides is 1. The van der Waals surface area contributed by atoms with Crippen molar-refractivity contribution >= 4 is 40.5 Å². The van der Waals surface area contributed by atoms with Gasteiger partial charge in [0.15, 0.2) is 0 Å². The van der Waals surface area contributed by atoms with Crippen molar-refractivity contribution in [3.8, 4) is 0 Å². The smallest absolute Gasteiger partial charge is 0.350 e. The van der Waals surface area contributed by atoms with Crippen LogP contribution in [0.1, 0.15) is 16.1 Å². The van der Waals surface area contributed by atoms with Crippen molar-refractivity contribution in [2.75, 3.05) is 18.3 Å². The zero-order chi connectivity index (χ0) is 11.3. The van der Waals surface area contributed by atoms with Gasteiger partial charge in [-0.05, 0) is 11.4 Å². The fourth-order valence-electron chi connectivity index (χ4n) is 0.957. The normalized spacial score (nSPS) is 9.73. The first kappa shape index (κ1) is 12.0. The number of nitrogens with one attached hydrogen (secondary N) is 1. The van der Waals surface area contributed by atoms with E-state index in [1.54, 1.807) is 11.4 Å². The molecular formula is C9H10ClNO3S. The summed E-state index contributed by atoms with van der Waals surface area (Å²) in [6.07, 6.45) is 0.220. The Labute approximate surface area is 96.2 Å². The number of esters is 1. The minimum atomic E-state index is -0.453. The minimum absolute atomic E-state index is 0.214. The molecule has 4 nitrogen and oxygen atoms in total. The van der Waals surface area contributed by atoms with Crippen molar-refractivity contribution in [3.63, 3.8) is 0 Å². The Morgan fingerprint density at radius 3 is 2.93 bits per heavy atom. The molecule has 0 fully saturated rings. The number of halogens is 1. The van der Waals surface area contributed by atoms with Crippen LogP contribution in [-0.4, -0.2) is 24.9 Å². The van der Waals surface area contributed by atoms with Gasteiger partial charge in [-0.1, -0.05) is 0 Å². The van der Waals surface area contributed by atoms with Crippen molar-refractivity contribution < 1.29 is 14.3 Å². The predicted octanol–water partition coefficient (Wildman–Crippen LogP) is 2.10. The third-order valence-corrected chi connectivity index (χ3v) is 2.72. The summed E-state index contributed by atoms with van der Waals surface area (Å²) < 4.78 is 4.57. The van der Waals surface area contributed by atoms with E-state index in [0.717, 1.165) is 0 Å². The van der Waals surface area contributed by atoms with Gasteiger partial charge in [0.1, 0.15) is 4.88 Å². The van der Waals surface area contributed by atoms with E-state index in [0.29, 0.717) is 10.6 Å². The highest BCUT2D eigenvalue weighted by Crippen LogP contribution is 2.23. The minimum Gasteiger partial charge on any atom is -0.465 e. The number of alkyl halides is 1. The van der Waals surface area contributed by atoms with Crippen LogP contribution in [0, 0.1) is 0 Å². The molecule has 1 heterocycles. The average Bonchev–Trinajstić information content (AvgIpc) is 2.65. The summed E-state index contributed by atoms with van der Waals surface area (Å²) in [6.45, 7) is 0. The standard InChI is InChI=1S/C9H10ClNO3S/c1-14-9(13)8-6(3-5-15-8)11-7(12)2-4-10/h3,5H,2,4H2,1H3,(H,11,12). The van der Waals surface area contributed by atoms with E-state index < -0.39 is 5.97 Å². The van der Waals surface area contributed by atoms with Gasteiger partial charge in [-0.25, -0.2) is 4.79 Å². The van der Waals surface area contributed by atoms with Gasteiger partial charge in [-0.3, -0.25) is 4.79 Å². The van der Waals surface area contributed by atoms with Crippen molar-refractivity contribution in [3.05, 3.63) is 16.3 Å². The second-order valence-electron chi connectivity index (χ2n) is 2.64. The van der Waals surface area contributed by atoms with Crippen LogP contribution in [-0.2, 0) is 9.53 Å². The molecule has 0 unspecified atom stereocenters. The van der Waals surface area contributed by atoms with Gasteiger partial charge in [0.25, 0.3) is 0 Å². The molecule has 1 aromatic rings. The van der Waals surface area contributed by atoms with Crippen LogP contribution < -0.4 is 5.32 Å². The Balaban J connectivity index is 2.73. The number of thiophene rings is 1. The van der Waals surface area contributed by atoms with E-state index in [9.17, 15) is 9.59 Å². The summed E-state index contributed by atoms with van der Waals surface area (Å²) in [5, 5.41) is 4.30. The quantitative estimate of drug-likeness (QED) is 0.655. The van der Waals surface area contributed by atoms with Crippen molar-refractivity contribution in [1.82, 2.24) is 0 Å². The largest absolute Gasteiger partial charge is 0.465 e. The molecule has 0 atom stereocenters. The van der Waals surface area contributed by atoms with Crippen LogP contribution in [0.3, 0.4) is 0 Å². The summed E-state index contributed by atoms with van der Waals surface area (Å²) in [7, 11) is 1.30. The lowest BCUT2D eigenvalue weighted by atomic mass is 10.3. The first-order valence-corrected chi connectivity index (χ1v) is 5.62. The zero-order valence-corrected chi connectivity index (χ0v) is 9.65. The molecule has 82 valence electrons. The summed E-state index contributed by atoms with van der Waals surface area (Å²) >= 11 is 6.64. The highest BCUT2D eigenvalue weighted by molar-refractivity contribution is 7.12. The molecule has 0 radical (unpaired) electrons. The molecule has 0 aromatic carbocycles. The molecule has 0 aliphatic carbocycles. The summed E-state index contributed by atoms with van der Waals surface area (Å²) in [5.74, 6) is -0.413. The molecule has 1 amide bonds. The van der Waals surface area contributed by atoms with Crippen LogP contribution in [0.15, 0.2) is 11.4 Å². The van der Waals surface area contributed by atoms with Crippen molar-refractivity contribution in [1.29, 1.82) is 0 Å². The predicted molar refractivity (Wildman–Crippen MR) is 59.6 cm³/mol. The Morgan fingerprint density at radius 1 is 1.60 bits per heavy atom. The maximum absolute atomic E-state index is 11.2. The van der Waals surface area contributed by atoms with E-state index in [-0.39, 0.29) is 18.2 Å². The number of anilines is 1. The van der Waals surface area contributed by atoms with E-state index in [2.05, 4.69) is 10.1 Å². The Bertz CT molecular complexity index is 364. The summed E-state index contributed by atoms with van der Waals surface area (Å²) in [5.41, 5.74) is 0.474. The lowest BCUT2D eigenvalue weighted by Crippen LogP contribution is -2.13. The Morgan fingerprint density at radius 2 is 2.33 bits per heavy atom. The van der Waals surface area contributed by atoms with E-state index in [1.807, 2.05) is 0 Å². The molecular weight excluding hydrogens is 238 g/mol. The van der Waals surface area contributed by atoms with E-state index in [4.69, 9.17) is 11.6 Å². The third kappa shape index (κ3) is 3.21. The molecule has 1 rings (SSSR count). The number of hydrogen-bond acceptors (Lipinski definition) is 4. The molecule has 0 saturated carbocycles. The third-order valence-electron chi connectivity index (χ3n) is 1.63. The molecule has 0 saturated heterocycles. The van der Waals surface area contributed by atoms with Crippen LogP contribution in [0.25, 0.3) is 0 Å². The molecule has 0 spiro atoms. The topological polar surface area (TPSA) is 55.4 Å². The Hall–Kier alpha value is -1.07. The highest BCUT2D eigenvalue weighted by atomic mass is 35.5. The number of methoxy groups -OCH3 is 1. The molecule has 0 aliphatic heterocycles. The van der Waals surface area contributed by atoms with Crippen molar-refractivity contribution in [2.24, 2.45) is 0 Å². The first-order valence-electron chi connectivity index (χ1n) is 4.20. The van der Waals surface area contributed by atoms with Gasteiger partial charge in [0.05, 0.1) is 12.8 Å². The average molecular weight is 248 g/mol. The first-order chi connectivity index (χ1) is 7.19. The van der Waals surface area contributed by atoms with Crippen LogP contribution in [0.2, 0.25) is 0 Å². The Kier molecular flexibility index (Phi) is 4.58. The number of carbonyl (C=O) groups excluding carboxylic acids is 2. The molecule has 15 heavy (non-hydrogen) atoms. The molecule has 6 heteroatoms. The van der Waals surface area contributed by atoms with Gasteiger partial charge in [0, 0.05) is 12.3 Å². The number of ether oxygens (including phenoxy) is 1. The maximum Gasteiger partial charge on any atom is 0.350 e. The molecule has 0 bridgehead atoms. The molecule has 1 aromatic heterocycles. The SMILES string of the molecule is COC(=O)c1sccc1NC(=O)CCCl. The number of hydrogen-bond donors (Lipinski definition) is 1. The van der Waals surface area contributed by atoms with E-state index in [1.165, 1.54) is 18.4 Å². The highest BCUT2D eigenvalue weighted by Gasteiger charge is 2.14. The molecule has 0 aliphatic rings. The van der Waals surface area contributed by atoms with Crippen LogP contribution in [0.5, 0.6) is 0 Å². The van der Waals surface area contributed by atoms with Crippen LogP contribution in [0.4, 0.5) is 5.69 Å². The van der Waals surface area contributed by atoms with Gasteiger partial charge < -0.3 is 10.1 Å². The second kappa shape index (κ2) is 5.72. The molecule has 1 N–H and O–H groups in total. The maximum atomic E-state index is 11.2. The van der Waals surface area contributed by atoms with Gasteiger partial charge in [-0.2, -0.15) is 0 Å². The van der Waals surface area contributed by atoms with Gasteiger partial charge in [-0.15, -0.1) is 22.9 Å². The fourth-order valence-corrected chi connectivity index (χ4v) is 1.89. The van der Waals surface area contributed by atoms with Gasteiger partial charge in [0.2, 0.25) is 5.91 Å². The number of rotatable bonds is 4. The lowest BCUT2D eigenvalue weighted by Gasteiger charge is -2.03. The number of carbonyl (C=O) groups is 2. The van der Waals surface area contributed by atoms with E-state index >= 15 is 0 Å². The monoisotopic (exact) mass is 247 g/mol. The second-order valence-corrected chi connectivity index (χ2v) is 3.94. The fraction of sp³-hybridized carbons (Fsp3) is 0.333. The summed E-state index contributed by atoms with van der Waals surface area (Å²) in [6, 6.07) is 1.66. The lowest BCUT2D eigenvalue weighted by molar-refractivity contribution is -0.115.